The van der Waals surface area contributed by atoms with Gasteiger partial charge in [0.1, 0.15) is 5.82 Å². The van der Waals surface area contributed by atoms with Gasteiger partial charge in [-0.25, -0.2) is 4.98 Å². The van der Waals surface area contributed by atoms with Crippen molar-refractivity contribution >= 4 is 11.9 Å². The molecule has 0 saturated carbocycles. The van der Waals surface area contributed by atoms with E-state index < -0.39 is 11.9 Å². The summed E-state index contributed by atoms with van der Waals surface area (Å²) in [6.07, 6.45) is 3.53. The Morgan fingerprint density at radius 3 is 1.71 bits per heavy atom. The van der Waals surface area contributed by atoms with E-state index in [0.29, 0.717) is 0 Å². The first-order valence-electron chi connectivity index (χ1n) is 3.71. The van der Waals surface area contributed by atoms with Crippen LogP contribution in [0, 0.1) is 6.92 Å². The normalized spacial score (nSPS) is 7.36. The number of hydrogen-bond acceptors (Lipinski definition) is 3. The van der Waals surface area contributed by atoms with Gasteiger partial charge in [0.15, 0.2) is 0 Å². The molecule has 0 aliphatic rings. The van der Waals surface area contributed by atoms with Crippen molar-refractivity contribution in [1.82, 2.24) is 9.97 Å². The Morgan fingerprint density at radius 1 is 1.29 bits per heavy atom. The van der Waals surface area contributed by atoms with Crippen LogP contribution in [0.5, 0.6) is 0 Å². The van der Waals surface area contributed by atoms with E-state index in [4.69, 9.17) is 19.8 Å². The molecule has 0 radical (unpaired) electrons. The summed E-state index contributed by atoms with van der Waals surface area (Å²) in [6.45, 7) is 4.08. The molecule has 1 aromatic heterocycles. The van der Waals surface area contributed by atoms with Gasteiger partial charge in [-0.05, 0) is 6.92 Å². The van der Waals surface area contributed by atoms with Crippen molar-refractivity contribution < 1.29 is 19.8 Å². The van der Waals surface area contributed by atoms with Gasteiger partial charge < -0.3 is 15.2 Å². The fourth-order valence-corrected chi connectivity index (χ4v) is 0.344. The van der Waals surface area contributed by atoms with Gasteiger partial charge in [0.25, 0.3) is 11.9 Å². The first kappa shape index (κ1) is 14.7. The number of aromatic nitrogens is 2. The first-order chi connectivity index (χ1) is 6.36. The van der Waals surface area contributed by atoms with Crippen LogP contribution in [0.4, 0.5) is 0 Å². The number of carboxylic acids is 2. The highest BCUT2D eigenvalue weighted by Crippen LogP contribution is 1.78. The van der Waals surface area contributed by atoms with Gasteiger partial charge in [-0.1, -0.05) is 0 Å². The van der Waals surface area contributed by atoms with E-state index in [9.17, 15) is 0 Å². The van der Waals surface area contributed by atoms with Gasteiger partial charge in [-0.15, -0.1) is 0 Å². The van der Waals surface area contributed by atoms with E-state index in [1.165, 1.54) is 0 Å². The molecule has 6 nitrogen and oxygen atoms in total. The lowest BCUT2D eigenvalue weighted by Crippen LogP contribution is -1.78. The van der Waals surface area contributed by atoms with Gasteiger partial charge >= 0.3 is 0 Å². The number of rotatable bonds is 0. The van der Waals surface area contributed by atoms with Crippen molar-refractivity contribution in [3.63, 3.8) is 0 Å². The highest BCUT2D eigenvalue weighted by molar-refractivity contribution is 5.63. The summed E-state index contributed by atoms with van der Waals surface area (Å²) in [5.41, 5.74) is 0. The Hall–Kier alpha value is -1.85. The molecule has 0 amide bonds. The third-order valence-electron chi connectivity index (χ3n) is 0.635. The lowest BCUT2D eigenvalue weighted by Gasteiger charge is -1.68. The lowest BCUT2D eigenvalue weighted by molar-refractivity contribution is -0.135. The van der Waals surface area contributed by atoms with Gasteiger partial charge in [0.05, 0.1) is 0 Å². The Bertz CT molecular complexity index is 236. The summed E-state index contributed by atoms with van der Waals surface area (Å²) in [5.74, 6) is -0.699. The molecule has 0 aromatic carbocycles. The Balaban J connectivity index is 0. The zero-order chi connectivity index (χ0) is 11.6. The molecule has 0 saturated heterocycles. The average molecular weight is 202 g/mol. The number of nitrogens with zero attached hydrogens (tertiary/aromatic N) is 1. The molecule has 0 bridgehead atoms. The highest BCUT2D eigenvalue weighted by atomic mass is 16.4. The minimum absolute atomic E-state index is 0.833. The third-order valence-corrected chi connectivity index (χ3v) is 0.635. The van der Waals surface area contributed by atoms with Crippen molar-refractivity contribution in [3.05, 3.63) is 18.2 Å². The number of nitrogens with one attached hydrogen (secondary N) is 1. The summed E-state index contributed by atoms with van der Waals surface area (Å²) >= 11 is 0. The number of hydrogen-bond donors (Lipinski definition) is 3. The predicted octanol–water partition coefficient (Wildman–Crippen LogP) is 0.900. The van der Waals surface area contributed by atoms with Crippen molar-refractivity contribution in [1.29, 1.82) is 0 Å². The Kier molecular flexibility index (Phi) is 9.68. The number of H-pyrrole nitrogens is 1. The van der Waals surface area contributed by atoms with Crippen molar-refractivity contribution in [3.8, 4) is 0 Å². The minimum atomic E-state index is -0.833. The second-order valence-electron chi connectivity index (χ2n) is 2.21. The molecule has 0 fully saturated rings. The van der Waals surface area contributed by atoms with E-state index in [2.05, 4.69) is 9.97 Å². The lowest BCUT2D eigenvalue weighted by atomic mass is 10.8. The van der Waals surface area contributed by atoms with Gasteiger partial charge in [0.2, 0.25) is 0 Å². The van der Waals surface area contributed by atoms with Crippen LogP contribution < -0.4 is 0 Å². The maximum atomic E-state index is 9.00. The quantitative estimate of drug-likeness (QED) is 0.579. The zero-order valence-corrected chi connectivity index (χ0v) is 8.31. The standard InChI is InChI=1S/C4H6N2.2C2H4O2/c1-4-5-2-3-6-4;2*1-2(3)4/h2-3H,1H3,(H,5,6);2*1H3,(H,3,4). The molecule has 0 unspecified atom stereocenters. The monoisotopic (exact) mass is 202 g/mol. The van der Waals surface area contributed by atoms with E-state index in [-0.39, 0.29) is 0 Å². The maximum absolute atomic E-state index is 9.00. The molecule has 0 aliphatic heterocycles. The molecule has 1 heterocycles. The second-order valence-corrected chi connectivity index (χ2v) is 2.21. The van der Waals surface area contributed by atoms with E-state index in [1.54, 1.807) is 12.4 Å². The largest absolute Gasteiger partial charge is 0.481 e. The summed E-state index contributed by atoms with van der Waals surface area (Å²) in [6, 6.07) is 0. The topological polar surface area (TPSA) is 103 Å². The smallest absolute Gasteiger partial charge is 0.300 e. The van der Waals surface area contributed by atoms with Crippen molar-refractivity contribution in [2.45, 2.75) is 20.8 Å². The average Bonchev–Trinajstić information content (AvgIpc) is 2.36. The van der Waals surface area contributed by atoms with E-state index in [1.807, 2.05) is 6.92 Å². The highest BCUT2D eigenvalue weighted by Gasteiger charge is 1.73. The maximum Gasteiger partial charge on any atom is 0.300 e. The fraction of sp³-hybridized carbons (Fsp3) is 0.375. The van der Waals surface area contributed by atoms with Crippen LogP contribution in [0.1, 0.15) is 19.7 Å². The molecule has 14 heavy (non-hydrogen) atoms. The summed E-state index contributed by atoms with van der Waals surface area (Å²) < 4.78 is 0. The number of aromatic amines is 1. The number of imidazole rings is 1. The molecule has 1 rings (SSSR count). The SMILES string of the molecule is CC(=O)O.CC(=O)O.Cc1ncc[nH]1. The Labute approximate surface area is 81.6 Å². The third kappa shape index (κ3) is 32.0. The van der Waals surface area contributed by atoms with E-state index >= 15 is 0 Å². The van der Waals surface area contributed by atoms with Gasteiger partial charge in [-0.2, -0.15) is 0 Å². The van der Waals surface area contributed by atoms with Crippen LogP contribution in [-0.4, -0.2) is 32.1 Å². The molecule has 0 spiro atoms. The number of aryl methyl sites for hydroxylation is 1. The van der Waals surface area contributed by atoms with Crippen LogP contribution in [0.25, 0.3) is 0 Å². The summed E-state index contributed by atoms with van der Waals surface area (Å²) in [7, 11) is 0. The van der Waals surface area contributed by atoms with Crippen LogP contribution in [0.15, 0.2) is 12.4 Å². The molecule has 3 N–H and O–H groups in total. The summed E-state index contributed by atoms with van der Waals surface area (Å²) in [4.78, 5) is 24.8. The number of carbonyl (C=O) groups is 2. The van der Waals surface area contributed by atoms with Crippen LogP contribution >= 0.6 is 0 Å². The van der Waals surface area contributed by atoms with Crippen molar-refractivity contribution in [2.24, 2.45) is 0 Å². The van der Waals surface area contributed by atoms with Gasteiger partial charge in [-0.3, -0.25) is 9.59 Å². The molecular formula is C8H14N2O4. The van der Waals surface area contributed by atoms with E-state index in [0.717, 1.165) is 19.7 Å². The molecule has 6 heteroatoms. The zero-order valence-electron chi connectivity index (χ0n) is 8.31. The van der Waals surface area contributed by atoms with Crippen molar-refractivity contribution in [2.75, 3.05) is 0 Å². The Morgan fingerprint density at radius 2 is 1.64 bits per heavy atom. The molecule has 80 valence electrons. The molecule has 0 atom stereocenters. The predicted molar refractivity (Wildman–Crippen MR) is 49.9 cm³/mol. The molecular weight excluding hydrogens is 188 g/mol. The number of aliphatic carboxylic acids is 2. The molecule has 0 aliphatic carbocycles. The van der Waals surface area contributed by atoms with Crippen LogP contribution in [0.3, 0.4) is 0 Å². The first-order valence-corrected chi connectivity index (χ1v) is 3.71. The fourth-order valence-electron chi connectivity index (χ4n) is 0.344. The molecule has 1 aromatic rings. The van der Waals surface area contributed by atoms with Gasteiger partial charge in [0, 0.05) is 26.2 Å². The van der Waals surface area contributed by atoms with Crippen LogP contribution in [-0.2, 0) is 9.59 Å². The summed E-state index contributed by atoms with van der Waals surface area (Å²) in [5, 5.41) is 14.8. The minimum Gasteiger partial charge on any atom is -0.481 e. The van der Waals surface area contributed by atoms with Crippen LogP contribution in [0.2, 0.25) is 0 Å². The number of carboxylic acid groups (broad SMARTS) is 2. The second kappa shape index (κ2) is 9.24.